The molecule has 0 saturated carbocycles. The second-order valence-corrected chi connectivity index (χ2v) is 5.17. The molecule has 11 heteroatoms. The van der Waals surface area contributed by atoms with Crippen LogP contribution in [0.1, 0.15) is 12.8 Å². The average Bonchev–Trinajstić information content (AvgIpc) is 2.27. The Morgan fingerprint density at radius 2 is 1.79 bits per heavy atom. The first kappa shape index (κ1) is 18.6. The Hall–Kier alpha value is -0.433. The van der Waals surface area contributed by atoms with Crippen molar-refractivity contribution >= 4 is 16.1 Å². The second-order valence-electron chi connectivity index (χ2n) is 3.80. The van der Waals surface area contributed by atoms with Crippen LogP contribution in [0.3, 0.4) is 0 Å². The maximum atomic E-state index is 10.7. The summed E-state index contributed by atoms with van der Waals surface area (Å²) in [6.45, 7) is 4.74. The van der Waals surface area contributed by atoms with Gasteiger partial charge in [-0.3, -0.25) is 15.2 Å². The number of nitrogens with one attached hydrogen (secondary N) is 2. The molecular formula is C8H14F3LiN3O3S+. The monoisotopic (exact) mass is 296 g/mol. The molecule has 0 amide bonds. The molecule has 2 rings (SSSR count). The van der Waals surface area contributed by atoms with Gasteiger partial charge >= 0.3 is 30.3 Å². The molecule has 0 spiro atoms. The summed E-state index contributed by atoms with van der Waals surface area (Å²) in [7, 11) is -6.09. The fourth-order valence-electron chi connectivity index (χ4n) is 1.57. The zero-order chi connectivity index (χ0) is 13.8. The topological polar surface area (TPSA) is 86.4 Å². The first-order valence-corrected chi connectivity index (χ1v) is 6.74. The molecule has 0 aromatic heterocycles. The van der Waals surface area contributed by atoms with Gasteiger partial charge in [-0.15, -0.1) is 0 Å². The van der Waals surface area contributed by atoms with Crippen molar-refractivity contribution in [1.29, 1.82) is 0 Å². The molecule has 0 radical (unpaired) electrons. The Bertz CT molecular complexity index is 413. The largest absolute Gasteiger partial charge is 1.00 e. The van der Waals surface area contributed by atoms with E-state index in [-0.39, 0.29) is 18.9 Å². The number of fused-ring (bicyclic) bond motifs is 1. The molecule has 2 N–H and O–H groups in total. The minimum Gasteiger partial charge on any atom is -0.741 e. The van der Waals surface area contributed by atoms with E-state index in [4.69, 9.17) is 13.0 Å². The van der Waals surface area contributed by atoms with Crippen LogP contribution in [0.5, 0.6) is 0 Å². The summed E-state index contributed by atoms with van der Waals surface area (Å²) >= 11 is 0. The van der Waals surface area contributed by atoms with Crippen molar-refractivity contribution in [2.75, 3.05) is 26.2 Å². The third kappa shape index (κ3) is 6.03. The number of guanidine groups is 1. The molecule has 0 aliphatic carbocycles. The van der Waals surface area contributed by atoms with Crippen LogP contribution in [0, 0.1) is 0 Å². The number of hydrogen-bond donors (Lipinski definition) is 2. The van der Waals surface area contributed by atoms with Crippen molar-refractivity contribution in [3.05, 3.63) is 0 Å². The SMILES string of the molecule is C1CNC2=[NH+]CCCN2C1.O=S(=O)([O-])C(F)(F)F.[Li+]. The predicted molar refractivity (Wildman–Crippen MR) is 55.4 cm³/mol. The fourth-order valence-corrected chi connectivity index (χ4v) is 1.57. The second kappa shape index (κ2) is 7.38. The molecule has 0 aromatic rings. The molecule has 0 bridgehead atoms. The predicted octanol–water partition coefficient (Wildman–Crippen LogP) is -4.82. The molecule has 106 valence electrons. The molecule has 2 heterocycles. The Kier molecular flexibility index (Phi) is 7.21. The quantitative estimate of drug-likeness (QED) is 0.266. The molecule has 1 fully saturated rings. The van der Waals surface area contributed by atoms with Crippen molar-refractivity contribution in [1.82, 2.24) is 10.2 Å². The number of nitrogens with zero attached hydrogens (tertiary/aromatic N) is 1. The smallest absolute Gasteiger partial charge is 0.741 e. The van der Waals surface area contributed by atoms with Crippen LogP contribution in [0.2, 0.25) is 0 Å². The van der Waals surface area contributed by atoms with E-state index < -0.39 is 15.6 Å². The van der Waals surface area contributed by atoms with E-state index in [2.05, 4.69) is 15.2 Å². The average molecular weight is 296 g/mol. The van der Waals surface area contributed by atoms with Gasteiger partial charge in [0.25, 0.3) is 0 Å². The third-order valence-electron chi connectivity index (χ3n) is 2.39. The van der Waals surface area contributed by atoms with E-state index in [1.807, 2.05) is 0 Å². The first-order valence-electron chi connectivity index (χ1n) is 5.33. The van der Waals surface area contributed by atoms with Crippen molar-refractivity contribution in [2.24, 2.45) is 0 Å². The van der Waals surface area contributed by atoms with Gasteiger partial charge in [0.1, 0.15) is 0 Å². The van der Waals surface area contributed by atoms with Gasteiger partial charge < -0.3 is 4.55 Å². The molecular weight excluding hydrogens is 282 g/mol. The number of halogens is 3. The zero-order valence-electron chi connectivity index (χ0n) is 10.5. The Labute approximate surface area is 121 Å². The number of alkyl halides is 3. The van der Waals surface area contributed by atoms with Gasteiger partial charge in [-0.05, 0) is 0 Å². The first-order chi connectivity index (χ1) is 8.22. The molecule has 0 atom stereocenters. The van der Waals surface area contributed by atoms with Gasteiger partial charge in [0, 0.05) is 12.8 Å². The molecule has 2 aliphatic heterocycles. The van der Waals surface area contributed by atoms with Gasteiger partial charge in [-0.1, -0.05) is 0 Å². The minimum atomic E-state index is -6.09. The van der Waals surface area contributed by atoms with Gasteiger partial charge in [-0.2, -0.15) is 13.2 Å². The maximum Gasteiger partial charge on any atom is 1.00 e. The fraction of sp³-hybridized carbons (Fsp3) is 0.875. The van der Waals surface area contributed by atoms with Crippen molar-refractivity contribution in [2.45, 2.75) is 18.3 Å². The molecule has 0 aromatic carbocycles. The van der Waals surface area contributed by atoms with E-state index in [0.717, 1.165) is 13.1 Å². The van der Waals surface area contributed by atoms with Crippen LogP contribution in [0.15, 0.2) is 0 Å². The number of rotatable bonds is 0. The Morgan fingerprint density at radius 3 is 2.26 bits per heavy atom. The number of hydrogen-bond acceptors (Lipinski definition) is 5. The van der Waals surface area contributed by atoms with Crippen molar-refractivity contribution in [3.63, 3.8) is 0 Å². The summed E-state index contributed by atoms with van der Waals surface area (Å²) in [5, 5.41) is 3.35. The Balaban J connectivity index is 0.000000335. The van der Waals surface area contributed by atoms with E-state index in [1.54, 1.807) is 0 Å². The van der Waals surface area contributed by atoms with Crippen LogP contribution >= 0.6 is 0 Å². The minimum absolute atomic E-state index is 0. The summed E-state index contributed by atoms with van der Waals surface area (Å²) in [6.07, 6.45) is 2.57. The summed E-state index contributed by atoms with van der Waals surface area (Å²) in [5.41, 5.74) is -5.65. The molecule has 19 heavy (non-hydrogen) atoms. The van der Waals surface area contributed by atoms with Gasteiger partial charge in [0.15, 0.2) is 10.1 Å². The van der Waals surface area contributed by atoms with Crippen LogP contribution in [0.25, 0.3) is 0 Å². The van der Waals surface area contributed by atoms with Crippen LogP contribution in [0.4, 0.5) is 13.2 Å². The van der Waals surface area contributed by atoms with E-state index >= 15 is 0 Å². The summed E-state index contributed by atoms with van der Waals surface area (Å²) < 4.78 is 58.9. The van der Waals surface area contributed by atoms with Gasteiger partial charge in [0.2, 0.25) is 0 Å². The summed E-state index contributed by atoms with van der Waals surface area (Å²) in [6, 6.07) is 0. The zero-order valence-corrected chi connectivity index (χ0v) is 11.3. The van der Waals surface area contributed by atoms with E-state index in [0.29, 0.717) is 0 Å². The van der Waals surface area contributed by atoms with E-state index in [9.17, 15) is 13.2 Å². The Morgan fingerprint density at radius 1 is 1.26 bits per heavy atom. The maximum absolute atomic E-state index is 10.7. The van der Waals surface area contributed by atoms with Gasteiger partial charge in [-0.25, -0.2) is 8.42 Å². The standard InChI is InChI=1S/C7H13N3.CHF3O3S.Li/c1-3-8-7-9-4-2-6-10(7)5-1;2-1(3,4)8(5,6)7;/h1-6H2,(H,8,9);(H,5,6,7);/q;;+1. The molecule has 2 aliphatic rings. The third-order valence-corrected chi connectivity index (χ3v) is 2.96. The summed E-state index contributed by atoms with van der Waals surface area (Å²) in [5.74, 6) is 1.26. The molecule has 6 nitrogen and oxygen atoms in total. The van der Waals surface area contributed by atoms with Gasteiger partial charge in [0.05, 0.1) is 26.2 Å². The van der Waals surface area contributed by atoms with Crippen LogP contribution < -0.4 is 29.2 Å². The normalized spacial score (nSPS) is 18.9. The van der Waals surface area contributed by atoms with Crippen molar-refractivity contribution < 1.29 is 50.0 Å². The van der Waals surface area contributed by atoms with Crippen LogP contribution in [-0.2, 0) is 10.1 Å². The molecule has 1 saturated heterocycles. The van der Waals surface area contributed by atoms with Crippen LogP contribution in [-0.4, -0.2) is 55.5 Å². The summed E-state index contributed by atoms with van der Waals surface area (Å²) in [4.78, 5) is 5.75. The van der Waals surface area contributed by atoms with Crippen molar-refractivity contribution in [3.8, 4) is 0 Å². The van der Waals surface area contributed by atoms with E-state index in [1.165, 1.54) is 31.9 Å². The molecule has 0 unspecified atom stereocenters.